The largest absolute Gasteiger partial charge is 0.494 e. The maximum atomic E-state index is 12.7. The van der Waals surface area contributed by atoms with Crippen LogP contribution in [-0.4, -0.2) is 36.0 Å². The molecule has 0 unspecified atom stereocenters. The fourth-order valence-corrected chi connectivity index (χ4v) is 2.62. The van der Waals surface area contributed by atoms with E-state index in [4.69, 9.17) is 21.4 Å². The van der Waals surface area contributed by atoms with Gasteiger partial charge in [-0.05, 0) is 54.5 Å². The number of benzene rings is 2. The molecule has 0 spiro atoms. The number of halogens is 1. The minimum Gasteiger partial charge on any atom is -0.494 e. The lowest BCUT2D eigenvalue weighted by Crippen LogP contribution is -2.35. The second-order valence-electron chi connectivity index (χ2n) is 6.69. The van der Waals surface area contributed by atoms with Crippen molar-refractivity contribution in [3.63, 3.8) is 0 Å². The monoisotopic (exact) mass is 444 g/mol. The van der Waals surface area contributed by atoms with Crippen molar-refractivity contribution in [3.05, 3.63) is 70.4 Å². The quantitative estimate of drug-likeness (QED) is 0.360. The van der Waals surface area contributed by atoms with E-state index in [0.717, 1.165) is 12.8 Å². The Balaban J connectivity index is 2.13. The molecular weight excluding hydrogens is 420 g/mol. The Kier molecular flexibility index (Phi) is 9.58. The predicted octanol–water partition coefficient (Wildman–Crippen LogP) is 3.88. The van der Waals surface area contributed by atoms with Crippen LogP contribution in [0.5, 0.6) is 5.75 Å². The third kappa shape index (κ3) is 8.52. The van der Waals surface area contributed by atoms with E-state index in [2.05, 4.69) is 17.6 Å². The Labute approximate surface area is 186 Å². The standard InChI is InChI=1S/C23H25ClN2O5/c1-2-3-14-31-19-10-6-17(7-11-19)22(29)26-20(23(30)25-13-12-21(27)28)15-16-4-8-18(24)9-5-16/h4-11,15H,2-3,12-14H2,1H3,(H,25,30)(H,26,29)(H,27,28)/b20-15+. The van der Waals surface area contributed by atoms with Crippen LogP contribution in [0.3, 0.4) is 0 Å². The summed E-state index contributed by atoms with van der Waals surface area (Å²) in [6, 6.07) is 13.3. The Morgan fingerprint density at radius 3 is 2.35 bits per heavy atom. The van der Waals surface area contributed by atoms with Crippen LogP contribution in [0, 0.1) is 0 Å². The van der Waals surface area contributed by atoms with Crippen molar-refractivity contribution in [1.82, 2.24) is 10.6 Å². The fourth-order valence-electron chi connectivity index (χ4n) is 2.49. The van der Waals surface area contributed by atoms with Crippen LogP contribution in [0.4, 0.5) is 0 Å². The zero-order valence-corrected chi connectivity index (χ0v) is 17.9. The van der Waals surface area contributed by atoms with Gasteiger partial charge in [0.1, 0.15) is 11.4 Å². The molecule has 0 aliphatic heterocycles. The van der Waals surface area contributed by atoms with E-state index in [1.807, 2.05) is 0 Å². The highest BCUT2D eigenvalue weighted by atomic mass is 35.5. The normalized spacial score (nSPS) is 11.0. The third-order valence-corrected chi connectivity index (χ3v) is 4.43. The van der Waals surface area contributed by atoms with Crippen LogP contribution in [0.2, 0.25) is 5.02 Å². The Morgan fingerprint density at radius 1 is 1.06 bits per heavy atom. The van der Waals surface area contributed by atoms with Crippen molar-refractivity contribution in [2.75, 3.05) is 13.2 Å². The van der Waals surface area contributed by atoms with Crippen LogP contribution in [0.25, 0.3) is 6.08 Å². The number of ether oxygens (including phenoxy) is 1. The van der Waals surface area contributed by atoms with E-state index in [-0.39, 0.29) is 18.7 Å². The highest BCUT2D eigenvalue weighted by molar-refractivity contribution is 6.30. The first kappa shape index (κ1) is 24.0. The number of carboxylic acids is 1. The Morgan fingerprint density at radius 2 is 1.74 bits per heavy atom. The van der Waals surface area contributed by atoms with Gasteiger partial charge in [0.05, 0.1) is 13.0 Å². The number of carboxylic acid groups (broad SMARTS) is 1. The summed E-state index contributed by atoms with van der Waals surface area (Å²) in [5.74, 6) is -1.44. The Hall–Kier alpha value is -3.32. The van der Waals surface area contributed by atoms with E-state index >= 15 is 0 Å². The van der Waals surface area contributed by atoms with Gasteiger partial charge in [-0.1, -0.05) is 37.1 Å². The molecule has 2 rings (SSSR count). The lowest BCUT2D eigenvalue weighted by molar-refractivity contribution is -0.136. The zero-order valence-electron chi connectivity index (χ0n) is 17.2. The van der Waals surface area contributed by atoms with Crippen LogP contribution in [-0.2, 0) is 9.59 Å². The summed E-state index contributed by atoms with van der Waals surface area (Å²) in [6.45, 7) is 2.61. The molecular formula is C23H25ClN2O5. The molecule has 0 bridgehead atoms. The van der Waals surface area contributed by atoms with Gasteiger partial charge in [0.15, 0.2) is 0 Å². The molecule has 0 atom stereocenters. The van der Waals surface area contributed by atoms with Gasteiger partial charge in [0, 0.05) is 17.1 Å². The third-order valence-electron chi connectivity index (χ3n) is 4.18. The number of carbonyl (C=O) groups excluding carboxylic acids is 2. The molecule has 3 N–H and O–H groups in total. The first-order valence-electron chi connectivity index (χ1n) is 9.90. The van der Waals surface area contributed by atoms with Crippen molar-refractivity contribution < 1.29 is 24.2 Å². The van der Waals surface area contributed by atoms with Crippen LogP contribution < -0.4 is 15.4 Å². The minimum absolute atomic E-state index is 0.0130. The van der Waals surface area contributed by atoms with E-state index in [9.17, 15) is 14.4 Å². The van der Waals surface area contributed by atoms with Crippen molar-refractivity contribution >= 4 is 35.5 Å². The summed E-state index contributed by atoms with van der Waals surface area (Å²) in [4.78, 5) is 35.9. The SMILES string of the molecule is CCCCOc1ccc(C(=O)N/C(=C/c2ccc(Cl)cc2)C(=O)NCCC(=O)O)cc1. The zero-order chi connectivity index (χ0) is 22.6. The van der Waals surface area contributed by atoms with Crippen molar-refractivity contribution in [3.8, 4) is 5.75 Å². The molecule has 0 aliphatic rings. The number of carbonyl (C=O) groups is 3. The molecule has 164 valence electrons. The van der Waals surface area contributed by atoms with Crippen LogP contribution >= 0.6 is 11.6 Å². The second kappa shape index (κ2) is 12.4. The number of aliphatic carboxylic acids is 1. The molecule has 0 radical (unpaired) electrons. The minimum atomic E-state index is -1.03. The summed E-state index contributed by atoms with van der Waals surface area (Å²) < 4.78 is 5.59. The maximum Gasteiger partial charge on any atom is 0.305 e. The molecule has 0 aromatic heterocycles. The molecule has 8 heteroatoms. The van der Waals surface area contributed by atoms with Crippen molar-refractivity contribution in [2.45, 2.75) is 26.2 Å². The van der Waals surface area contributed by atoms with Gasteiger partial charge in [-0.15, -0.1) is 0 Å². The molecule has 31 heavy (non-hydrogen) atoms. The molecule has 0 aliphatic carbocycles. The van der Waals surface area contributed by atoms with Gasteiger partial charge in [0.25, 0.3) is 11.8 Å². The van der Waals surface area contributed by atoms with Crippen molar-refractivity contribution in [2.24, 2.45) is 0 Å². The van der Waals surface area contributed by atoms with E-state index in [0.29, 0.717) is 28.5 Å². The summed E-state index contributed by atoms with van der Waals surface area (Å²) in [6.07, 6.45) is 3.23. The molecule has 0 saturated heterocycles. The molecule has 0 heterocycles. The van der Waals surface area contributed by atoms with Gasteiger partial charge in [-0.25, -0.2) is 0 Å². The maximum absolute atomic E-state index is 12.7. The summed E-state index contributed by atoms with van der Waals surface area (Å²) >= 11 is 5.89. The highest BCUT2D eigenvalue weighted by Crippen LogP contribution is 2.15. The van der Waals surface area contributed by atoms with E-state index in [1.54, 1.807) is 48.5 Å². The van der Waals surface area contributed by atoms with Crippen LogP contribution in [0.15, 0.2) is 54.2 Å². The average molecular weight is 445 g/mol. The second-order valence-corrected chi connectivity index (χ2v) is 7.13. The van der Waals surface area contributed by atoms with Gasteiger partial charge in [0.2, 0.25) is 0 Å². The first-order valence-corrected chi connectivity index (χ1v) is 10.3. The topological polar surface area (TPSA) is 105 Å². The van der Waals surface area contributed by atoms with E-state index in [1.165, 1.54) is 6.08 Å². The predicted molar refractivity (Wildman–Crippen MR) is 119 cm³/mol. The lowest BCUT2D eigenvalue weighted by Gasteiger charge is -2.11. The van der Waals surface area contributed by atoms with Crippen molar-refractivity contribution in [1.29, 1.82) is 0 Å². The summed E-state index contributed by atoms with van der Waals surface area (Å²) in [7, 11) is 0. The molecule has 2 amide bonds. The molecule has 0 saturated carbocycles. The molecule has 7 nitrogen and oxygen atoms in total. The fraction of sp³-hybridized carbons (Fsp3) is 0.261. The van der Waals surface area contributed by atoms with Crippen LogP contribution in [0.1, 0.15) is 42.1 Å². The molecule has 0 fully saturated rings. The van der Waals surface area contributed by atoms with Gasteiger partial charge >= 0.3 is 5.97 Å². The number of hydrogen-bond acceptors (Lipinski definition) is 4. The average Bonchev–Trinajstić information content (AvgIpc) is 2.75. The number of nitrogens with one attached hydrogen (secondary N) is 2. The number of unbranched alkanes of at least 4 members (excludes halogenated alkanes) is 1. The molecule has 2 aromatic carbocycles. The van der Waals surface area contributed by atoms with Gasteiger partial charge in [-0.2, -0.15) is 0 Å². The first-order chi connectivity index (χ1) is 14.9. The van der Waals surface area contributed by atoms with E-state index < -0.39 is 17.8 Å². The van der Waals surface area contributed by atoms with Gasteiger partial charge < -0.3 is 20.5 Å². The number of hydrogen-bond donors (Lipinski definition) is 3. The number of amides is 2. The Bertz CT molecular complexity index is 924. The smallest absolute Gasteiger partial charge is 0.305 e. The lowest BCUT2D eigenvalue weighted by atomic mass is 10.1. The summed E-state index contributed by atoms with van der Waals surface area (Å²) in [5.41, 5.74) is 0.983. The number of rotatable bonds is 11. The summed E-state index contributed by atoms with van der Waals surface area (Å²) in [5, 5.41) is 14.4. The highest BCUT2D eigenvalue weighted by Gasteiger charge is 2.15. The van der Waals surface area contributed by atoms with Gasteiger partial charge in [-0.3, -0.25) is 14.4 Å². The molecule has 2 aromatic rings.